The third-order valence-corrected chi connectivity index (χ3v) is 3.09. The SMILES string of the molecule is CCC(CC)n1nc(C)c(CC(=O)O)c1C. The molecule has 16 heavy (non-hydrogen) atoms. The van der Waals surface area contributed by atoms with E-state index in [2.05, 4.69) is 18.9 Å². The Kier molecular flexibility index (Phi) is 4.10. The van der Waals surface area contributed by atoms with Crippen molar-refractivity contribution < 1.29 is 9.90 Å². The second-order valence-electron chi connectivity index (χ2n) is 4.13. The highest BCUT2D eigenvalue weighted by atomic mass is 16.4. The van der Waals surface area contributed by atoms with Gasteiger partial charge in [0.1, 0.15) is 0 Å². The van der Waals surface area contributed by atoms with Crippen molar-refractivity contribution in [3.8, 4) is 0 Å². The lowest BCUT2D eigenvalue weighted by molar-refractivity contribution is -0.136. The molecule has 0 radical (unpaired) electrons. The Labute approximate surface area is 96.3 Å². The van der Waals surface area contributed by atoms with Gasteiger partial charge in [-0.1, -0.05) is 13.8 Å². The maximum Gasteiger partial charge on any atom is 0.307 e. The second kappa shape index (κ2) is 5.14. The Morgan fingerprint density at radius 3 is 2.38 bits per heavy atom. The molecule has 0 aliphatic carbocycles. The number of carbonyl (C=O) groups is 1. The summed E-state index contributed by atoms with van der Waals surface area (Å²) in [5.41, 5.74) is 2.69. The maximum absolute atomic E-state index is 10.8. The van der Waals surface area contributed by atoms with E-state index in [1.807, 2.05) is 18.5 Å². The number of carboxylic acid groups (broad SMARTS) is 1. The van der Waals surface area contributed by atoms with Crippen LogP contribution in [0.3, 0.4) is 0 Å². The Bertz CT molecular complexity index is 379. The van der Waals surface area contributed by atoms with Gasteiger partial charge in [0.15, 0.2) is 0 Å². The Hall–Kier alpha value is -1.32. The van der Waals surface area contributed by atoms with Crippen molar-refractivity contribution >= 4 is 5.97 Å². The standard InChI is InChI=1S/C12H20N2O2/c1-5-10(6-2)14-9(4)11(7-12(15)16)8(3)13-14/h10H,5-7H2,1-4H3,(H,15,16). The van der Waals surface area contributed by atoms with Gasteiger partial charge in [-0.3, -0.25) is 9.48 Å². The van der Waals surface area contributed by atoms with E-state index in [-0.39, 0.29) is 6.42 Å². The van der Waals surface area contributed by atoms with Gasteiger partial charge in [0.2, 0.25) is 0 Å². The average molecular weight is 224 g/mol. The fraction of sp³-hybridized carbons (Fsp3) is 0.667. The van der Waals surface area contributed by atoms with E-state index >= 15 is 0 Å². The van der Waals surface area contributed by atoms with Crippen molar-refractivity contribution in [3.05, 3.63) is 17.0 Å². The molecule has 0 saturated carbocycles. The summed E-state index contributed by atoms with van der Waals surface area (Å²) < 4.78 is 1.98. The molecule has 0 unspecified atom stereocenters. The normalized spacial score (nSPS) is 11.1. The van der Waals surface area contributed by atoms with E-state index in [1.165, 1.54) is 0 Å². The fourth-order valence-corrected chi connectivity index (χ4v) is 2.09. The molecule has 0 amide bonds. The highest BCUT2D eigenvalue weighted by Gasteiger charge is 2.17. The molecule has 90 valence electrons. The lowest BCUT2D eigenvalue weighted by atomic mass is 10.1. The smallest absolute Gasteiger partial charge is 0.307 e. The van der Waals surface area contributed by atoms with Gasteiger partial charge in [-0.05, 0) is 26.7 Å². The number of aliphatic carboxylic acids is 1. The first kappa shape index (κ1) is 12.7. The van der Waals surface area contributed by atoms with Crippen molar-refractivity contribution in [2.75, 3.05) is 0 Å². The minimum atomic E-state index is -0.796. The van der Waals surface area contributed by atoms with Crippen LogP contribution in [0.2, 0.25) is 0 Å². The summed E-state index contributed by atoms with van der Waals surface area (Å²) in [5.74, 6) is -0.796. The van der Waals surface area contributed by atoms with Gasteiger partial charge >= 0.3 is 5.97 Å². The van der Waals surface area contributed by atoms with Crippen LogP contribution < -0.4 is 0 Å². The van der Waals surface area contributed by atoms with Crippen LogP contribution >= 0.6 is 0 Å². The molecule has 1 aromatic heterocycles. The van der Waals surface area contributed by atoms with Crippen LogP contribution in [0.15, 0.2) is 0 Å². The zero-order valence-corrected chi connectivity index (χ0v) is 10.4. The molecule has 4 nitrogen and oxygen atoms in total. The quantitative estimate of drug-likeness (QED) is 0.836. The van der Waals surface area contributed by atoms with Gasteiger partial charge in [-0.15, -0.1) is 0 Å². The third kappa shape index (κ3) is 2.43. The minimum Gasteiger partial charge on any atom is -0.481 e. The molecule has 0 bridgehead atoms. The van der Waals surface area contributed by atoms with Crippen molar-refractivity contribution in [2.24, 2.45) is 0 Å². The van der Waals surface area contributed by atoms with E-state index in [4.69, 9.17) is 5.11 Å². The van der Waals surface area contributed by atoms with Gasteiger partial charge < -0.3 is 5.11 Å². The Morgan fingerprint density at radius 2 is 1.94 bits per heavy atom. The van der Waals surface area contributed by atoms with Gasteiger partial charge in [0, 0.05) is 11.3 Å². The molecule has 0 aliphatic heterocycles. The van der Waals surface area contributed by atoms with Crippen LogP contribution in [0.4, 0.5) is 0 Å². The fourth-order valence-electron chi connectivity index (χ4n) is 2.09. The number of carboxylic acids is 1. The molecule has 0 atom stereocenters. The molecule has 4 heteroatoms. The molecular formula is C12H20N2O2. The first-order valence-electron chi connectivity index (χ1n) is 5.77. The van der Waals surface area contributed by atoms with Crippen LogP contribution in [-0.2, 0) is 11.2 Å². The summed E-state index contributed by atoms with van der Waals surface area (Å²) in [7, 11) is 0. The van der Waals surface area contributed by atoms with Crippen molar-refractivity contribution in [1.82, 2.24) is 9.78 Å². The monoisotopic (exact) mass is 224 g/mol. The number of hydrogen-bond acceptors (Lipinski definition) is 2. The van der Waals surface area contributed by atoms with E-state index in [0.717, 1.165) is 29.8 Å². The molecule has 0 aromatic carbocycles. The van der Waals surface area contributed by atoms with Crippen molar-refractivity contribution in [1.29, 1.82) is 0 Å². The van der Waals surface area contributed by atoms with E-state index in [9.17, 15) is 4.79 Å². The summed E-state index contributed by atoms with van der Waals surface area (Å²) in [6, 6.07) is 0.376. The highest BCUT2D eigenvalue weighted by molar-refractivity contribution is 5.70. The summed E-state index contributed by atoms with van der Waals surface area (Å²) in [4.78, 5) is 10.8. The van der Waals surface area contributed by atoms with Crippen LogP contribution in [0.25, 0.3) is 0 Å². The number of nitrogens with zero attached hydrogens (tertiary/aromatic N) is 2. The van der Waals surface area contributed by atoms with Gasteiger partial charge in [-0.2, -0.15) is 5.10 Å². The first-order valence-corrected chi connectivity index (χ1v) is 5.77. The summed E-state index contributed by atoms with van der Waals surface area (Å²) >= 11 is 0. The number of hydrogen-bond donors (Lipinski definition) is 1. The topological polar surface area (TPSA) is 55.1 Å². The Morgan fingerprint density at radius 1 is 1.38 bits per heavy atom. The summed E-state index contributed by atoms with van der Waals surface area (Å²) in [5, 5.41) is 13.3. The largest absolute Gasteiger partial charge is 0.481 e. The maximum atomic E-state index is 10.8. The first-order chi connectivity index (χ1) is 7.51. The van der Waals surface area contributed by atoms with Crippen LogP contribution in [0.1, 0.15) is 49.7 Å². The van der Waals surface area contributed by atoms with E-state index in [1.54, 1.807) is 0 Å². The van der Waals surface area contributed by atoms with E-state index < -0.39 is 5.97 Å². The minimum absolute atomic E-state index is 0.0673. The lowest BCUT2D eigenvalue weighted by Gasteiger charge is -2.15. The van der Waals surface area contributed by atoms with Crippen molar-refractivity contribution in [3.63, 3.8) is 0 Å². The van der Waals surface area contributed by atoms with Gasteiger partial charge in [0.05, 0.1) is 18.2 Å². The van der Waals surface area contributed by atoms with Gasteiger partial charge in [-0.25, -0.2) is 0 Å². The van der Waals surface area contributed by atoms with Crippen LogP contribution in [0, 0.1) is 13.8 Å². The third-order valence-electron chi connectivity index (χ3n) is 3.09. The summed E-state index contributed by atoms with van der Waals surface area (Å²) in [6.07, 6.45) is 2.10. The molecule has 1 heterocycles. The lowest BCUT2D eigenvalue weighted by Crippen LogP contribution is -2.11. The van der Waals surface area contributed by atoms with Crippen molar-refractivity contribution in [2.45, 2.75) is 53.0 Å². The summed E-state index contributed by atoms with van der Waals surface area (Å²) in [6.45, 7) is 8.09. The number of aryl methyl sites for hydroxylation is 1. The predicted octanol–water partition coefficient (Wildman–Crippen LogP) is 2.49. The molecule has 1 N–H and O–H groups in total. The molecule has 0 saturated heterocycles. The second-order valence-corrected chi connectivity index (χ2v) is 4.13. The zero-order chi connectivity index (χ0) is 12.3. The molecule has 0 spiro atoms. The molecule has 1 rings (SSSR count). The van der Waals surface area contributed by atoms with Crippen LogP contribution in [0.5, 0.6) is 0 Å². The molecule has 1 aromatic rings. The molecule has 0 fully saturated rings. The van der Waals surface area contributed by atoms with E-state index in [0.29, 0.717) is 6.04 Å². The molecular weight excluding hydrogens is 204 g/mol. The zero-order valence-electron chi connectivity index (χ0n) is 10.4. The average Bonchev–Trinajstić information content (AvgIpc) is 2.48. The Balaban J connectivity index is 3.09. The predicted molar refractivity (Wildman–Crippen MR) is 62.7 cm³/mol. The highest BCUT2D eigenvalue weighted by Crippen LogP contribution is 2.22. The molecule has 0 aliphatic rings. The number of rotatable bonds is 5. The van der Waals surface area contributed by atoms with Gasteiger partial charge in [0.25, 0.3) is 0 Å². The number of aromatic nitrogens is 2. The van der Waals surface area contributed by atoms with Crippen LogP contribution in [-0.4, -0.2) is 20.9 Å².